The number of aryl methyl sites for hydroxylation is 1. The molecular formula is C17H17FN2. The summed E-state index contributed by atoms with van der Waals surface area (Å²) in [7, 11) is 0. The van der Waals surface area contributed by atoms with E-state index < -0.39 is 0 Å². The van der Waals surface area contributed by atoms with Gasteiger partial charge in [0, 0.05) is 22.2 Å². The van der Waals surface area contributed by atoms with Crippen molar-refractivity contribution in [3.63, 3.8) is 0 Å². The standard InChI is InChI=1S/C17H17FN2/c1-11-8-15(18)12(6-7-19)9-14(11)17-10-13-4-2-3-5-16(13)20-17/h2-5,8-10,20H,6-7,19H2,1H3. The predicted molar refractivity (Wildman–Crippen MR) is 81.2 cm³/mol. The van der Waals surface area contributed by atoms with Crippen LogP contribution >= 0.6 is 0 Å². The van der Waals surface area contributed by atoms with E-state index in [9.17, 15) is 4.39 Å². The number of nitrogens with one attached hydrogen (secondary N) is 1. The zero-order chi connectivity index (χ0) is 14.1. The van der Waals surface area contributed by atoms with Gasteiger partial charge in [-0.1, -0.05) is 18.2 Å². The fourth-order valence-electron chi connectivity index (χ4n) is 2.57. The summed E-state index contributed by atoms with van der Waals surface area (Å²) in [6, 6.07) is 13.7. The van der Waals surface area contributed by atoms with Crippen molar-refractivity contribution in [2.24, 2.45) is 5.73 Å². The van der Waals surface area contributed by atoms with E-state index in [1.807, 2.05) is 31.2 Å². The third-order valence-electron chi connectivity index (χ3n) is 3.63. The van der Waals surface area contributed by atoms with E-state index in [-0.39, 0.29) is 5.82 Å². The lowest BCUT2D eigenvalue weighted by atomic mass is 10.00. The zero-order valence-electron chi connectivity index (χ0n) is 11.4. The lowest BCUT2D eigenvalue weighted by Gasteiger charge is -2.08. The highest BCUT2D eigenvalue weighted by Crippen LogP contribution is 2.28. The number of nitrogens with two attached hydrogens (primary N) is 1. The number of hydrogen-bond donors (Lipinski definition) is 2. The molecule has 0 spiro atoms. The fraction of sp³-hybridized carbons (Fsp3) is 0.176. The van der Waals surface area contributed by atoms with Gasteiger partial charge in [-0.2, -0.15) is 0 Å². The Labute approximate surface area is 117 Å². The van der Waals surface area contributed by atoms with Crippen molar-refractivity contribution in [2.45, 2.75) is 13.3 Å². The first-order valence-electron chi connectivity index (χ1n) is 6.76. The number of hydrogen-bond acceptors (Lipinski definition) is 1. The van der Waals surface area contributed by atoms with Gasteiger partial charge in [-0.3, -0.25) is 0 Å². The Morgan fingerprint density at radius 3 is 2.70 bits per heavy atom. The lowest BCUT2D eigenvalue weighted by molar-refractivity contribution is 0.608. The maximum atomic E-state index is 13.9. The second-order valence-corrected chi connectivity index (χ2v) is 5.07. The Morgan fingerprint density at radius 1 is 1.15 bits per heavy atom. The number of fused-ring (bicyclic) bond motifs is 1. The van der Waals surface area contributed by atoms with E-state index in [0.717, 1.165) is 27.7 Å². The number of halogens is 1. The molecule has 2 aromatic carbocycles. The highest BCUT2D eigenvalue weighted by Gasteiger charge is 2.10. The predicted octanol–water partition coefficient (Wildman–Crippen LogP) is 3.78. The quantitative estimate of drug-likeness (QED) is 0.745. The molecule has 3 N–H and O–H groups in total. The average molecular weight is 268 g/mol. The molecule has 20 heavy (non-hydrogen) atoms. The van der Waals surface area contributed by atoms with E-state index >= 15 is 0 Å². The number of H-pyrrole nitrogens is 1. The van der Waals surface area contributed by atoms with E-state index in [4.69, 9.17) is 5.73 Å². The van der Waals surface area contributed by atoms with Gasteiger partial charge < -0.3 is 10.7 Å². The molecule has 1 aromatic heterocycles. The smallest absolute Gasteiger partial charge is 0.126 e. The molecule has 0 saturated heterocycles. The van der Waals surface area contributed by atoms with Crippen LogP contribution in [0.2, 0.25) is 0 Å². The van der Waals surface area contributed by atoms with Crippen LogP contribution in [0.15, 0.2) is 42.5 Å². The van der Waals surface area contributed by atoms with Gasteiger partial charge in [0.05, 0.1) is 0 Å². The van der Waals surface area contributed by atoms with Crippen LogP contribution in [0.3, 0.4) is 0 Å². The number of rotatable bonds is 3. The normalized spacial score (nSPS) is 11.2. The average Bonchev–Trinajstić information content (AvgIpc) is 2.85. The molecule has 3 rings (SSSR count). The van der Waals surface area contributed by atoms with Crippen molar-refractivity contribution in [3.05, 3.63) is 59.4 Å². The molecule has 0 atom stereocenters. The summed E-state index contributed by atoms with van der Waals surface area (Å²) in [5, 5.41) is 1.16. The van der Waals surface area contributed by atoms with E-state index in [0.29, 0.717) is 18.5 Å². The van der Waals surface area contributed by atoms with Crippen molar-refractivity contribution < 1.29 is 4.39 Å². The molecule has 0 unspecified atom stereocenters. The Bertz CT molecular complexity index is 726. The molecule has 0 fully saturated rings. The third kappa shape index (κ3) is 2.21. The molecule has 0 saturated carbocycles. The van der Waals surface area contributed by atoms with Crippen molar-refractivity contribution in [3.8, 4) is 11.3 Å². The number of benzene rings is 2. The summed E-state index contributed by atoms with van der Waals surface area (Å²) in [6.45, 7) is 2.38. The maximum absolute atomic E-state index is 13.9. The number of aromatic amines is 1. The van der Waals surface area contributed by atoms with Gasteiger partial charge >= 0.3 is 0 Å². The Kier molecular flexibility index (Phi) is 3.28. The molecule has 0 aliphatic rings. The Balaban J connectivity index is 2.15. The Hall–Kier alpha value is -2.13. The summed E-state index contributed by atoms with van der Waals surface area (Å²) >= 11 is 0. The summed E-state index contributed by atoms with van der Waals surface area (Å²) in [4.78, 5) is 3.39. The number of para-hydroxylation sites is 1. The van der Waals surface area contributed by atoms with Gasteiger partial charge in [0.2, 0.25) is 0 Å². The summed E-state index contributed by atoms with van der Waals surface area (Å²) in [6.07, 6.45) is 0.555. The molecular weight excluding hydrogens is 251 g/mol. The second-order valence-electron chi connectivity index (χ2n) is 5.07. The molecule has 2 nitrogen and oxygen atoms in total. The monoisotopic (exact) mass is 268 g/mol. The van der Waals surface area contributed by atoms with Crippen LogP contribution in [0, 0.1) is 12.7 Å². The van der Waals surface area contributed by atoms with Gasteiger partial charge in [0.15, 0.2) is 0 Å². The molecule has 0 amide bonds. The van der Waals surface area contributed by atoms with Crippen LogP contribution in [-0.4, -0.2) is 11.5 Å². The highest BCUT2D eigenvalue weighted by atomic mass is 19.1. The van der Waals surface area contributed by atoms with Crippen LogP contribution in [0.1, 0.15) is 11.1 Å². The summed E-state index contributed by atoms with van der Waals surface area (Å²) < 4.78 is 13.9. The van der Waals surface area contributed by atoms with Crippen molar-refractivity contribution in [2.75, 3.05) is 6.54 Å². The molecule has 0 radical (unpaired) electrons. The molecule has 1 heterocycles. The SMILES string of the molecule is Cc1cc(F)c(CCN)cc1-c1cc2ccccc2[nH]1. The Morgan fingerprint density at radius 2 is 1.95 bits per heavy atom. The topological polar surface area (TPSA) is 41.8 Å². The fourth-order valence-corrected chi connectivity index (χ4v) is 2.57. The summed E-state index contributed by atoms with van der Waals surface area (Å²) in [5.41, 5.74) is 10.3. The van der Waals surface area contributed by atoms with Gasteiger partial charge in [-0.25, -0.2) is 4.39 Å². The minimum atomic E-state index is -0.173. The second kappa shape index (κ2) is 5.10. The first-order chi connectivity index (χ1) is 9.69. The van der Waals surface area contributed by atoms with Crippen LogP contribution in [0.4, 0.5) is 4.39 Å². The van der Waals surface area contributed by atoms with E-state index in [1.54, 1.807) is 6.07 Å². The largest absolute Gasteiger partial charge is 0.355 e. The minimum Gasteiger partial charge on any atom is -0.355 e. The highest BCUT2D eigenvalue weighted by molar-refractivity contribution is 5.86. The van der Waals surface area contributed by atoms with Crippen molar-refractivity contribution >= 4 is 10.9 Å². The minimum absolute atomic E-state index is 0.173. The molecule has 3 aromatic rings. The van der Waals surface area contributed by atoms with Gasteiger partial charge in [-0.15, -0.1) is 0 Å². The molecule has 102 valence electrons. The van der Waals surface area contributed by atoms with Gasteiger partial charge in [-0.05, 0) is 55.3 Å². The van der Waals surface area contributed by atoms with Gasteiger partial charge in [0.25, 0.3) is 0 Å². The number of aromatic nitrogens is 1. The molecule has 3 heteroatoms. The molecule has 0 aliphatic carbocycles. The third-order valence-corrected chi connectivity index (χ3v) is 3.63. The van der Waals surface area contributed by atoms with Crippen LogP contribution < -0.4 is 5.73 Å². The van der Waals surface area contributed by atoms with Crippen LogP contribution in [-0.2, 0) is 6.42 Å². The lowest BCUT2D eigenvalue weighted by Crippen LogP contribution is -2.05. The first-order valence-corrected chi connectivity index (χ1v) is 6.76. The van der Waals surface area contributed by atoms with Crippen molar-refractivity contribution in [1.29, 1.82) is 0 Å². The maximum Gasteiger partial charge on any atom is 0.126 e. The molecule has 0 aliphatic heterocycles. The molecule has 0 bridgehead atoms. The van der Waals surface area contributed by atoms with E-state index in [1.165, 1.54) is 0 Å². The zero-order valence-corrected chi connectivity index (χ0v) is 11.4. The van der Waals surface area contributed by atoms with Crippen molar-refractivity contribution in [1.82, 2.24) is 4.98 Å². The van der Waals surface area contributed by atoms with Gasteiger partial charge in [0.1, 0.15) is 5.82 Å². The van der Waals surface area contributed by atoms with E-state index in [2.05, 4.69) is 17.1 Å². The summed E-state index contributed by atoms with van der Waals surface area (Å²) in [5.74, 6) is -0.173. The van der Waals surface area contributed by atoms with Crippen LogP contribution in [0.5, 0.6) is 0 Å². The first kappa shape index (κ1) is 12.9. The van der Waals surface area contributed by atoms with Crippen LogP contribution in [0.25, 0.3) is 22.2 Å².